The fraction of sp³-hybridized carbons (Fsp3) is 0.524. The van der Waals surface area contributed by atoms with E-state index in [2.05, 4.69) is 36.0 Å². The van der Waals surface area contributed by atoms with Gasteiger partial charge in [-0.2, -0.15) is 0 Å². The Bertz CT molecular complexity index is 902. The molecule has 0 spiro atoms. The Labute approximate surface area is 149 Å². The first-order valence-electron chi connectivity index (χ1n) is 9.15. The van der Waals surface area contributed by atoms with Crippen LogP contribution in [-0.2, 0) is 30.1 Å². The number of Topliss-reactive ketones (excluding diaryl/α,β-unsaturated/α-hetero) is 1. The summed E-state index contributed by atoms with van der Waals surface area (Å²) in [5.41, 5.74) is 6.29. The summed E-state index contributed by atoms with van der Waals surface area (Å²) in [7, 11) is 2.05. The zero-order valence-corrected chi connectivity index (χ0v) is 16.1. The fourth-order valence-electron chi connectivity index (χ4n) is 4.76. The predicted octanol–water partition coefficient (Wildman–Crippen LogP) is 3.94. The van der Waals surface area contributed by atoms with E-state index in [4.69, 9.17) is 4.98 Å². The smallest absolute Gasteiger partial charge is 0.167 e. The lowest BCUT2D eigenvalue weighted by atomic mass is 9.68. The average molecular weight is 337 g/mol. The second-order valence-electron chi connectivity index (χ2n) is 8.68. The Kier molecular flexibility index (Phi) is 3.25. The molecule has 0 amide bonds. The lowest BCUT2D eigenvalue weighted by molar-refractivity contribution is -0.127. The number of aryl methyl sites for hydroxylation is 2. The molecule has 132 valence electrons. The lowest BCUT2D eigenvalue weighted by Crippen LogP contribution is -2.53. The number of nitrogens with one attached hydrogen (secondary N) is 1. The standard InChI is InChI=1S/C21H27N3O/c1-12-11-24(6)18(22-12)15-10-16-17(14-9-7-8-13(14)15)23-21(4,5)19(25)20(16,2)3/h10-11,23H,7-9H2,1-6H3. The third-order valence-electron chi connectivity index (χ3n) is 5.89. The van der Waals surface area contributed by atoms with Crippen molar-refractivity contribution in [1.29, 1.82) is 0 Å². The molecule has 0 fully saturated rings. The van der Waals surface area contributed by atoms with Crippen molar-refractivity contribution in [2.24, 2.45) is 7.05 Å². The van der Waals surface area contributed by atoms with E-state index >= 15 is 0 Å². The summed E-state index contributed by atoms with van der Waals surface area (Å²) < 4.78 is 2.10. The molecular weight excluding hydrogens is 310 g/mol. The highest BCUT2D eigenvalue weighted by atomic mass is 16.1. The lowest BCUT2D eigenvalue weighted by Gasteiger charge is -2.43. The van der Waals surface area contributed by atoms with Crippen molar-refractivity contribution in [3.63, 3.8) is 0 Å². The molecule has 0 atom stereocenters. The van der Waals surface area contributed by atoms with Gasteiger partial charge in [0.2, 0.25) is 0 Å². The zero-order chi connectivity index (χ0) is 18.1. The number of hydrogen-bond acceptors (Lipinski definition) is 3. The van der Waals surface area contributed by atoms with Crippen molar-refractivity contribution in [3.05, 3.63) is 34.6 Å². The first-order chi connectivity index (χ1) is 11.6. The molecule has 1 aliphatic heterocycles. The van der Waals surface area contributed by atoms with Crippen LogP contribution in [0.2, 0.25) is 0 Å². The maximum atomic E-state index is 13.1. The summed E-state index contributed by atoms with van der Waals surface area (Å²) in [6.07, 6.45) is 5.38. The minimum Gasteiger partial charge on any atom is -0.373 e. The van der Waals surface area contributed by atoms with Gasteiger partial charge < -0.3 is 9.88 Å². The number of aromatic nitrogens is 2. The number of anilines is 1. The van der Waals surface area contributed by atoms with Gasteiger partial charge in [0.25, 0.3) is 0 Å². The predicted molar refractivity (Wildman–Crippen MR) is 101 cm³/mol. The molecule has 1 aliphatic carbocycles. The van der Waals surface area contributed by atoms with Crippen LogP contribution in [-0.4, -0.2) is 20.9 Å². The second-order valence-corrected chi connectivity index (χ2v) is 8.68. The van der Waals surface area contributed by atoms with E-state index in [1.807, 2.05) is 27.8 Å². The second kappa shape index (κ2) is 4.96. The number of carbonyl (C=O) groups is 1. The molecule has 0 radical (unpaired) electrons. The van der Waals surface area contributed by atoms with E-state index < -0.39 is 11.0 Å². The van der Waals surface area contributed by atoms with Crippen molar-refractivity contribution in [1.82, 2.24) is 9.55 Å². The first-order valence-corrected chi connectivity index (χ1v) is 9.15. The van der Waals surface area contributed by atoms with Crippen molar-refractivity contribution in [2.75, 3.05) is 5.32 Å². The Hall–Kier alpha value is -2.10. The average Bonchev–Trinajstić information content (AvgIpc) is 3.12. The van der Waals surface area contributed by atoms with Gasteiger partial charge in [-0.3, -0.25) is 4.79 Å². The highest BCUT2D eigenvalue weighted by molar-refractivity contribution is 6.03. The number of hydrogen-bond donors (Lipinski definition) is 1. The molecule has 1 aromatic carbocycles. The van der Waals surface area contributed by atoms with Crippen LogP contribution in [0.25, 0.3) is 11.4 Å². The van der Waals surface area contributed by atoms with Crippen molar-refractivity contribution in [3.8, 4) is 11.4 Å². The van der Waals surface area contributed by atoms with Gasteiger partial charge in [0, 0.05) is 24.5 Å². The number of carbonyl (C=O) groups excluding carboxylic acids is 1. The summed E-state index contributed by atoms with van der Waals surface area (Å²) in [5.74, 6) is 1.25. The molecule has 0 bridgehead atoms. The normalized spacial score (nSPS) is 20.2. The summed E-state index contributed by atoms with van der Waals surface area (Å²) in [6.45, 7) is 10.1. The van der Waals surface area contributed by atoms with Gasteiger partial charge in [-0.15, -0.1) is 0 Å². The number of nitrogens with zero attached hydrogens (tertiary/aromatic N) is 2. The number of ketones is 1. The molecule has 1 aromatic heterocycles. The number of fused-ring (bicyclic) bond motifs is 3. The third kappa shape index (κ3) is 2.19. The molecule has 4 heteroatoms. The van der Waals surface area contributed by atoms with Crippen LogP contribution >= 0.6 is 0 Å². The van der Waals surface area contributed by atoms with E-state index in [0.717, 1.165) is 29.9 Å². The SMILES string of the molecule is Cc1cn(C)c(-c2cc3c(c4c2CCC4)NC(C)(C)C(=O)C3(C)C)n1. The number of benzene rings is 1. The largest absolute Gasteiger partial charge is 0.373 e. The monoisotopic (exact) mass is 337 g/mol. The highest BCUT2D eigenvalue weighted by Crippen LogP contribution is 2.48. The number of rotatable bonds is 1. The summed E-state index contributed by atoms with van der Waals surface area (Å²) in [6, 6.07) is 2.22. The molecule has 2 aromatic rings. The molecular formula is C21H27N3O. The van der Waals surface area contributed by atoms with Crippen LogP contribution in [0.15, 0.2) is 12.3 Å². The summed E-state index contributed by atoms with van der Waals surface area (Å²) in [4.78, 5) is 17.8. The molecule has 4 nitrogen and oxygen atoms in total. The van der Waals surface area contributed by atoms with Gasteiger partial charge in [0.05, 0.1) is 16.6 Å². The Morgan fingerprint density at radius 2 is 1.84 bits per heavy atom. The van der Waals surface area contributed by atoms with Gasteiger partial charge in [-0.05, 0) is 76.6 Å². The van der Waals surface area contributed by atoms with E-state index in [0.29, 0.717) is 0 Å². The molecule has 4 rings (SSSR count). The summed E-state index contributed by atoms with van der Waals surface area (Å²) in [5, 5.41) is 3.56. The van der Waals surface area contributed by atoms with Gasteiger partial charge in [-0.25, -0.2) is 4.98 Å². The molecule has 1 N–H and O–H groups in total. The molecule has 2 aliphatic rings. The van der Waals surface area contributed by atoms with Crippen LogP contribution in [0.5, 0.6) is 0 Å². The van der Waals surface area contributed by atoms with Crippen molar-refractivity contribution >= 4 is 11.5 Å². The van der Waals surface area contributed by atoms with E-state index in [-0.39, 0.29) is 5.78 Å². The minimum atomic E-state index is -0.534. The Morgan fingerprint density at radius 3 is 2.48 bits per heavy atom. The van der Waals surface area contributed by atoms with E-state index in [9.17, 15) is 4.79 Å². The quantitative estimate of drug-likeness (QED) is 0.857. The van der Waals surface area contributed by atoms with Gasteiger partial charge in [0.15, 0.2) is 5.78 Å². The van der Waals surface area contributed by atoms with E-state index in [1.165, 1.54) is 28.8 Å². The third-order valence-corrected chi connectivity index (χ3v) is 5.89. The van der Waals surface area contributed by atoms with Crippen LogP contribution in [0.4, 0.5) is 5.69 Å². The van der Waals surface area contributed by atoms with Crippen LogP contribution < -0.4 is 5.32 Å². The van der Waals surface area contributed by atoms with Gasteiger partial charge >= 0.3 is 0 Å². The van der Waals surface area contributed by atoms with Gasteiger partial charge in [-0.1, -0.05) is 0 Å². The maximum Gasteiger partial charge on any atom is 0.167 e. The van der Waals surface area contributed by atoms with E-state index in [1.54, 1.807) is 0 Å². The fourth-order valence-corrected chi connectivity index (χ4v) is 4.76. The molecule has 0 saturated carbocycles. The zero-order valence-electron chi connectivity index (χ0n) is 16.1. The molecule has 0 saturated heterocycles. The Morgan fingerprint density at radius 1 is 1.16 bits per heavy atom. The van der Waals surface area contributed by atoms with Crippen LogP contribution in [0, 0.1) is 6.92 Å². The molecule has 2 heterocycles. The first kappa shape index (κ1) is 16.4. The van der Waals surface area contributed by atoms with Crippen LogP contribution in [0.3, 0.4) is 0 Å². The molecule has 25 heavy (non-hydrogen) atoms. The Balaban J connectivity index is 2.03. The van der Waals surface area contributed by atoms with Crippen molar-refractivity contribution in [2.45, 2.75) is 64.8 Å². The number of imidazole rings is 1. The topological polar surface area (TPSA) is 46.9 Å². The minimum absolute atomic E-state index is 0.243. The highest BCUT2D eigenvalue weighted by Gasteiger charge is 2.47. The van der Waals surface area contributed by atoms with Crippen LogP contribution in [0.1, 0.15) is 56.5 Å². The maximum absolute atomic E-state index is 13.1. The summed E-state index contributed by atoms with van der Waals surface area (Å²) >= 11 is 0. The van der Waals surface area contributed by atoms with Crippen molar-refractivity contribution < 1.29 is 4.79 Å². The molecule has 0 unspecified atom stereocenters. The van der Waals surface area contributed by atoms with Gasteiger partial charge in [0.1, 0.15) is 5.82 Å².